The summed E-state index contributed by atoms with van der Waals surface area (Å²) in [5.41, 5.74) is 0. The van der Waals surface area contributed by atoms with Crippen molar-refractivity contribution in [2.24, 2.45) is 5.92 Å². The predicted molar refractivity (Wildman–Crippen MR) is 82.2 cm³/mol. The first-order chi connectivity index (χ1) is 9.74. The van der Waals surface area contributed by atoms with Gasteiger partial charge in [-0.3, -0.25) is 4.90 Å². The average molecular weight is 295 g/mol. The van der Waals surface area contributed by atoms with Gasteiger partial charge in [0, 0.05) is 32.2 Å². The minimum Gasteiger partial charge on any atom is -0.353 e. The van der Waals surface area contributed by atoms with Gasteiger partial charge < -0.3 is 4.90 Å². The van der Waals surface area contributed by atoms with Crippen molar-refractivity contribution >= 4 is 17.4 Å². The number of anilines is 1. The lowest BCUT2D eigenvalue weighted by molar-refractivity contribution is 0.132. The third kappa shape index (κ3) is 3.07. The third-order valence-electron chi connectivity index (χ3n) is 4.76. The zero-order valence-electron chi connectivity index (χ0n) is 12.1. The van der Waals surface area contributed by atoms with Crippen molar-refractivity contribution in [3.05, 3.63) is 17.5 Å². The van der Waals surface area contributed by atoms with Crippen molar-refractivity contribution in [1.29, 1.82) is 0 Å². The van der Waals surface area contributed by atoms with Crippen LogP contribution in [0.15, 0.2) is 12.5 Å². The fourth-order valence-corrected chi connectivity index (χ4v) is 3.67. The lowest BCUT2D eigenvalue weighted by Gasteiger charge is -2.42. The first kappa shape index (κ1) is 14.1. The van der Waals surface area contributed by atoms with E-state index in [2.05, 4.69) is 26.7 Å². The van der Waals surface area contributed by atoms with E-state index in [1.165, 1.54) is 25.7 Å². The summed E-state index contributed by atoms with van der Waals surface area (Å²) in [5, 5.41) is 0.660. The Morgan fingerprint density at radius 2 is 1.80 bits per heavy atom. The van der Waals surface area contributed by atoms with E-state index >= 15 is 0 Å². The lowest BCUT2D eigenvalue weighted by atomic mass is 9.86. The van der Waals surface area contributed by atoms with E-state index in [1.807, 2.05) is 0 Å². The zero-order valence-corrected chi connectivity index (χ0v) is 12.9. The number of rotatable bonds is 2. The zero-order chi connectivity index (χ0) is 13.9. The molecule has 3 rings (SSSR count). The van der Waals surface area contributed by atoms with Crippen LogP contribution in [-0.2, 0) is 0 Å². The molecule has 5 heteroatoms. The van der Waals surface area contributed by atoms with E-state index in [4.69, 9.17) is 11.6 Å². The number of piperazine rings is 1. The van der Waals surface area contributed by atoms with E-state index in [0.29, 0.717) is 5.02 Å². The van der Waals surface area contributed by atoms with Crippen molar-refractivity contribution in [2.75, 3.05) is 31.1 Å². The summed E-state index contributed by atoms with van der Waals surface area (Å²) < 4.78 is 0. The molecule has 1 saturated carbocycles. The molecule has 4 nitrogen and oxygen atoms in total. The van der Waals surface area contributed by atoms with Crippen LogP contribution in [0.3, 0.4) is 0 Å². The van der Waals surface area contributed by atoms with Gasteiger partial charge in [-0.1, -0.05) is 18.5 Å². The first-order valence-electron chi connectivity index (χ1n) is 7.68. The molecule has 1 saturated heterocycles. The second-order valence-corrected chi connectivity index (χ2v) is 6.54. The Labute approximate surface area is 126 Å². The van der Waals surface area contributed by atoms with E-state index in [9.17, 15) is 0 Å². The molecule has 0 spiro atoms. The molecule has 1 aromatic rings. The summed E-state index contributed by atoms with van der Waals surface area (Å²) in [6.45, 7) is 6.66. The number of hydrogen-bond acceptors (Lipinski definition) is 4. The van der Waals surface area contributed by atoms with Gasteiger partial charge in [0.2, 0.25) is 0 Å². The second-order valence-electron chi connectivity index (χ2n) is 6.13. The normalized spacial score (nSPS) is 28.6. The standard InChI is InChI=1S/C15H23ClN4/c1-12-2-4-13(5-3-12)19-6-8-20(9-7-19)15-14(16)10-17-11-18-15/h10-13H,2-9H2,1H3. The maximum atomic E-state index is 6.18. The van der Waals surface area contributed by atoms with Gasteiger partial charge in [0.1, 0.15) is 11.3 Å². The molecule has 0 N–H and O–H groups in total. The molecule has 0 amide bonds. The highest BCUT2D eigenvalue weighted by atomic mass is 35.5. The van der Waals surface area contributed by atoms with Gasteiger partial charge in [-0.15, -0.1) is 0 Å². The van der Waals surface area contributed by atoms with Crippen molar-refractivity contribution in [3.63, 3.8) is 0 Å². The molecule has 1 aromatic heterocycles. The van der Waals surface area contributed by atoms with Crippen LogP contribution in [0, 0.1) is 5.92 Å². The average Bonchev–Trinajstić information content (AvgIpc) is 2.49. The second kappa shape index (κ2) is 6.27. The topological polar surface area (TPSA) is 32.3 Å². The summed E-state index contributed by atoms with van der Waals surface area (Å²) >= 11 is 6.18. The van der Waals surface area contributed by atoms with Crippen molar-refractivity contribution < 1.29 is 0 Å². The Hall–Kier alpha value is -0.870. The molecule has 0 aromatic carbocycles. The molecule has 20 heavy (non-hydrogen) atoms. The number of halogens is 1. The Bertz CT molecular complexity index is 437. The fraction of sp³-hybridized carbons (Fsp3) is 0.733. The SMILES string of the molecule is CC1CCC(N2CCN(c3ncncc3Cl)CC2)CC1. The van der Waals surface area contributed by atoms with Crippen LogP contribution in [0.4, 0.5) is 5.82 Å². The summed E-state index contributed by atoms with van der Waals surface area (Å²) in [4.78, 5) is 13.2. The highest BCUT2D eigenvalue weighted by Gasteiger charge is 2.27. The molecule has 1 aliphatic heterocycles. The van der Waals surface area contributed by atoms with Crippen LogP contribution >= 0.6 is 11.6 Å². The van der Waals surface area contributed by atoms with Gasteiger partial charge in [-0.05, 0) is 31.6 Å². The largest absolute Gasteiger partial charge is 0.353 e. The molecular weight excluding hydrogens is 272 g/mol. The first-order valence-corrected chi connectivity index (χ1v) is 8.06. The van der Waals surface area contributed by atoms with Crippen LogP contribution in [0.25, 0.3) is 0 Å². The summed E-state index contributed by atoms with van der Waals surface area (Å²) in [6.07, 6.45) is 8.78. The van der Waals surface area contributed by atoms with E-state index in [-0.39, 0.29) is 0 Å². The molecule has 0 bridgehead atoms. The van der Waals surface area contributed by atoms with Gasteiger partial charge in [0.25, 0.3) is 0 Å². The summed E-state index contributed by atoms with van der Waals surface area (Å²) in [6, 6.07) is 0.800. The van der Waals surface area contributed by atoms with Crippen LogP contribution in [0.1, 0.15) is 32.6 Å². The van der Waals surface area contributed by atoms with Crippen LogP contribution in [0.5, 0.6) is 0 Å². The van der Waals surface area contributed by atoms with E-state index in [1.54, 1.807) is 12.5 Å². The number of aromatic nitrogens is 2. The monoisotopic (exact) mass is 294 g/mol. The molecular formula is C15H23ClN4. The predicted octanol–water partition coefficient (Wildman–Crippen LogP) is 2.83. The van der Waals surface area contributed by atoms with Crippen molar-refractivity contribution in [1.82, 2.24) is 14.9 Å². The summed E-state index contributed by atoms with van der Waals surface area (Å²) in [7, 11) is 0. The number of hydrogen-bond donors (Lipinski definition) is 0. The highest BCUT2D eigenvalue weighted by Crippen LogP contribution is 2.29. The van der Waals surface area contributed by atoms with E-state index in [0.717, 1.165) is 44.0 Å². The molecule has 2 aliphatic rings. The summed E-state index contributed by atoms with van der Waals surface area (Å²) in [5.74, 6) is 1.81. The fourth-order valence-electron chi connectivity index (χ4n) is 3.45. The Kier molecular flexibility index (Phi) is 4.41. The van der Waals surface area contributed by atoms with Gasteiger partial charge in [0.05, 0.1) is 6.20 Å². The molecule has 1 aliphatic carbocycles. The maximum Gasteiger partial charge on any atom is 0.150 e. The third-order valence-corrected chi connectivity index (χ3v) is 5.03. The van der Waals surface area contributed by atoms with Crippen molar-refractivity contribution in [3.8, 4) is 0 Å². The maximum absolute atomic E-state index is 6.18. The van der Waals surface area contributed by atoms with Crippen LogP contribution in [0.2, 0.25) is 5.02 Å². The van der Waals surface area contributed by atoms with Gasteiger partial charge in [-0.25, -0.2) is 9.97 Å². The minimum atomic E-state index is 0.660. The number of nitrogens with zero attached hydrogens (tertiary/aromatic N) is 4. The molecule has 0 radical (unpaired) electrons. The van der Waals surface area contributed by atoms with E-state index < -0.39 is 0 Å². The molecule has 0 atom stereocenters. The molecule has 110 valence electrons. The Morgan fingerprint density at radius 3 is 2.45 bits per heavy atom. The lowest BCUT2D eigenvalue weighted by Crippen LogP contribution is -2.51. The van der Waals surface area contributed by atoms with Crippen LogP contribution in [-0.4, -0.2) is 47.1 Å². The highest BCUT2D eigenvalue weighted by molar-refractivity contribution is 6.32. The molecule has 0 unspecified atom stereocenters. The molecule has 2 heterocycles. The molecule has 2 fully saturated rings. The van der Waals surface area contributed by atoms with Crippen molar-refractivity contribution in [2.45, 2.75) is 38.6 Å². The minimum absolute atomic E-state index is 0.660. The van der Waals surface area contributed by atoms with Crippen LogP contribution < -0.4 is 4.90 Å². The van der Waals surface area contributed by atoms with Gasteiger partial charge >= 0.3 is 0 Å². The van der Waals surface area contributed by atoms with Gasteiger partial charge in [0.15, 0.2) is 5.82 Å². The Balaban J connectivity index is 1.56. The smallest absolute Gasteiger partial charge is 0.150 e. The quantitative estimate of drug-likeness (QED) is 0.839. The Morgan fingerprint density at radius 1 is 1.10 bits per heavy atom. The van der Waals surface area contributed by atoms with Gasteiger partial charge in [-0.2, -0.15) is 0 Å².